The van der Waals surface area contributed by atoms with E-state index in [4.69, 9.17) is 0 Å². The molecule has 1 aromatic rings. The standard InChI is InChI=1S/C10H17N3/c1-12-6-4-5-10(9-12)11-13-7-2-3-8-13/h2-3,7-8,10-11H,4-6,9H2,1H3. The summed E-state index contributed by atoms with van der Waals surface area (Å²) < 4.78 is 2.05. The van der Waals surface area contributed by atoms with Crippen LogP contribution in [-0.4, -0.2) is 35.8 Å². The van der Waals surface area contributed by atoms with Gasteiger partial charge in [-0.15, -0.1) is 0 Å². The van der Waals surface area contributed by atoms with Crippen LogP contribution in [-0.2, 0) is 0 Å². The first-order chi connectivity index (χ1) is 6.34. The molecule has 1 unspecified atom stereocenters. The molecule has 1 fully saturated rings. The molecule has 3 heteroatoms. The summed E-state index contributed by atoms with van der Waals surface area (Å²) in [7, 11) is 2.18. The van der Waals surface area contributed by atoms with Crippen molar-refractivity contribution in [3.63, 3.8) is 0 Å². The molecule has 13 heavy (non-hydrogen) atoms. The van der Waals surface area contributed by atoms with Crippen molar-refractivity contribution in [1.82, 2.24) is 9.58 Å². The average molecular weight is 179 g/mol. The highest BCUT2D eigenvalue weighted by atomic mass is 15.4. The third-order valence-electron chi connectivity index (χ3n) is 2.56. The lowest BCUT2D eigenvalue weighted by Crippen LogP contribution is -2.42. The van der Waals surface area contributed by atoms with E-state index >= 15 is 0 Å². The van der Waals surface area contributed by atoms with Gasteiger partial charge >= 0.3 is 0 Å². The zero-order chi connectivity index (χ0) is 9.10. The fourth-order valence-electron chi connectivity index (χ4n) is 1.90. The summed E-state index contributed by atoms with van der Waals surface area (Å²) in [5.41, 5.74) is 3.47. The van der Waals surface area contributed by atoms with Gasteiger partial charge in [0.05, 0.1) is 6.04 Å². The number of hydrogen-bond acceptors (Lipinski definition) is 2. The van der Waals surface area contributed by atoms with Crippen LogP contribution in [0.15, 0.2) is 24.5 Å². The molecule has 0 aliphatic carbocycles. The summed E-state index contributed by atoms with van der Waals surface area (Å²) in [5, 5.41) is 0. The van der Waals surface area contributed by atoms with Crippen LogP contribution in [0.1, 0.15) is 12.8 Å². The number of nitrogens with zero attached hydrogens (tertiary/aromatic N) is 2. The molecule has 1 atom stereocenters. The van der Waals surface area contributed by atoms with Gasteiger partial charge in [-0.1, -0.05) is 0 Å². The Morgan fingerprint density at radius 1 is 1.31 bits per heavy atom. The van der Waals surface area contributed by atoms with E-state index in [0.717, 1.165) is 6.54 Å². The smallest absolute Gasteiger partial charge is 0.0551 e. The summed E-state index contributed by atoms with van der Waals surface area (Å²) in [6, 6.07) is 4.69. The summed E-state index contributed by atoms with van der Waals surface area (Å²) >= 11 is 0. The molecule has 0 amide bonds. The van der Waals surface area contributed by atoms with Gasteiger partial charge in [0.25, 0.3) is 0 Å². The first-order valence-corrected chi connectivity index (χ1v) is 4.92. The number of likely N-dealkylation sites (N-methyl/N-ethyl adjacent to an activating group) is 1. The zero-order valence-electron chi connectivity index (χ0n) is 8.11. The van der Waals surface area contributed by atoms with Crippen molar-refractivity contribution in [3.05, 3.63) is 24.5 Å². The molecule has 0 bridgehead atoms. The number of rotatable bonds is 2. The number of nitrogens with one attached hydrogen (secondary N) is 1. The molecule has 1 saturated heterocycles. The van der Waals surface area contributed by atoms with Crippen molar-refractivity contribution in [3.8, 4) is 0 Å². The molecule has 1 aliphatic heterocycles. The zero-order valence-corrected chi connectivity index (χ0v) is 8.11. The molecule has 0 saturated carbocycles. The van der Waals surface area contributed by atoms with Crippen molar-refractivity contribution < 1.29 is 0 Å². The van der Waals surface area contributed by atoms with E-state index < -0.39 is 0 Å². The van der Waals surface area contributed by atoms with Crippen LogP contribution >= 0.6 is 0 Å². The van der Waals surface area contributed by atoms with Crippen LogP contribution in [0.2, 0.25) is 0 Å². The quantitative estimate of drug-likeness (QED) is 0.734. The number of aromatic nitrogens is 1. The van der Waals surface area contributed by atoms with Gasteiger partial charge in [0.2, 0.25) is 0 Å². The van der Waals surface area contributed by atoms with E-state index in [1.54, 1.807) is 0 Å². The Hall–Kier alpha value is -0.960. The molecule has 3 nitrogen and oxygen atoms in total. The molecule has 1 aliphatic rings. The third-order valence-corrected chi connectivity index (χ3v) is 2.56. The lowest BCUT2D eigenvalue weighted by atomic mass is 10.1. The van der Waals surface area contributed by atoms with Crippen molar-refractivity contribution in [1.29, 1.82) is 0 Å². The highest BCUT2D eigenvalue weighted by Gasteiger charge is 2.16. The minimum Gasteiger partial charge on any atom is -0.322 e. The summed E-state index contributed by atoms with van der Waals surface area (Å²) in [5.74, 6) is 0. The van der Waals surface area contributed by atoms with Gasteiger partial charge in [-0.05, 0) is 38.6 Å². The minimum atomic E-state index is 0.603. The van der Waals surface area contributed by atoms with Gasteiger partial charge in [0, 0.05) is 18.9 Å². The Balaban J connectivity index is 1.87. The second-order valence-corrected chi connectivity index (χ2v) is 3.82. The molecule has 0 radical (unpaired) electrons. The van der Waals surface area contributed by atoms with E-state index in [9.17, 15) is 0 Å². The monoisotopic (exact) mass is 179 g/mol. The fourth-order valence-corrected chi connectivity index (χ4v) is 1.90. The number of likely N-dealkylation sites (tertiary alicyclic amines) is 1. The predicted molar refractivity (Wildman–Crippen MR) is 54.3 cm³/mol. The van der Waals surface area contributed by atoms with Crippen LogP contribution in [0.4, 0.5) is 0 Å². The molecule has 1 N–H and O–H groups in total. The molecule has 1 aromatic heterocycles. The van der Waals surface area contributed by atoms with E-state index in [1.807, 2.05) is 16.8 Å². The van der Waals surface area contributed by atoms with Gasteiger partial charge in [0.1, 0.15) is 0 Å². The summed E-state index contributed by atoms with van der Waals surface area (Å²) in [6.45, 7) is 2.39. The van der Waals surface area contributed by atoms with Gasteiger partial charge in [-0.2, -0.15) is 0 Å². The van der Waals surface area contributed by atoms with Gasteiger partial charge in [0.15, 0.2) is 0 Å². The first-order valence-electron chi connectivity index (χ1n) is 4.92. The highest BCUT2D eigenvalue weighted by molar-refractivity contribution is 4.96. The molecule has 72 valence electrons. The Kier molecular flexibility index (Phi) is 2.54. The first kappa shape index (κ1) is 8.63. The van der Waals surface area contributed by atoms with E-state index in [2.05, 4.69) is 29.8 Å². The average Bonchev–Trinajstić information content (AvgIpc) is 2.57. The maximum Gasteiger partial charge on any atom is 0.0551 e. The van der Waals surface area contributed by atoms with Crippen molar-refractivity contribution in [2.45, 2.75) is 18.9 Å². The lowest BCUT2D eigenvalue weighted by molar-refractivity contribution is 0.253. The Bertz CT molecular complexity index is 243. The fraction of sp³-hybridized carbons (Fsp3) is 0.600. The van der Waals surface area contributed by atoms with Crippen molar-refractivity contribution >= 4 is 0 Å². The number of piperidine rings is 1. The van der Waals surface area contributed by atoms with Crippen molar-refractivity contribution in [2.75, 3.05) is 25.6 Å². The molecule has 2 rings (SSSR count). The summed E-state index contributed by atoms with van der Waals surface area (Å²) in [6.07, 6.45) is 6.68. The second-order valence-electron chi connectivity index (χ2n) is 3.82. The van der Waals surface area contributed by atoms with Crippen LogP contribution in [0.25, 0.3) is 0 Å². The largest absolute Gasteiger partial charge is 0.322 e. The third kappa shape index (κ3) is 2.25. The molecular weight excluding hydrogens is 162 g/mol. The van der Waals surface area contributed by atoms with Crippen LogP contribution in [0.3, 0.4) is 0 Å². The SMILES string of the molecule is CN1CCCC(Nn2cccc2)C1. The van der Waals surface area contributed by atoms with Crippen LogP contribution in [0, 0.1) is 0 Å². The topological polar surface area (TPSA) is 20.2 Å². The Morgan fingerprint density at radius 2 is 2.08 bits per heavy atom. The minimum absolute atomic E-state index is 0.603. The second kappa shape index (κ2) is 3.83. The highest BCUT2D eigenvalue weighted by Crippen LogP contribution is 2.08. The summed E-state index contributed by atoms with van der Waals surface area (Å²) in [4.78, 5) is 2.38. The lowest BCUT2D eigenvalue weighted by Gasteiger charge is -2.30. The maximum atomic E-state index is 3.47. The number of hydrogen-bond donors (Lipinski definition) is 1. The Morgan fingerprint density at radius 3 is 2.77 bits per heavy atom. The molecule has 0 spiro atoms. The van der Waals surface area contributed by atoms with E-state index in [1.165, 1.54) is 19.4 Å². The van der Waals surface area contributed by atoms with Crippen LogP contribution in [0.5, 0.6) is 0 Å². The van der Waals surface area contributed by atoms with Gasteiger partial charge in [-0.25, -0.2) is 0 Å². The molecule has 2 heterocycles. The van der Waals surface area contributed by atoms with Gasteiger partial charge < -0.3 is 10.3 Å². The van der Waals surface area contributed by atoms with Gasteiger partial charge in [-0.3, -0.25) is 4.68 Å². The molecule has 0 aromatic carbocycles. The predicted octanol–water partition coefficient (Wildman–Crippen LogP) is 1.13. The van der Waals surface area contributed by atoms with Crippen molar-refractivity contribution in [2.24, 2.45) is 0 Å². The Labute approximate surface area is 79.3 Å². The van der Waals surface area contributed by atoms with Crippen LogP contribution < -0.4 is 5.43 Å². The molecular formula is C10H17N3. The van der Waals surface area contributed by atoms with E-state index in [-0.39, 0.29) is 0 Å². The normalized spacial score (nSPS) is 24.5. The van der Waals surface area contributed by atoms with E-state index in [0.29, 0.717) is 6.04 Å². The maximum absolute atomic E-state index is 3.47.